The first-order valence-electron chi connectivity index (χ1n) is 8.61. The number of aromatic nitrogens is 2. The Hall–Kier alpha value is -3.35. The third-order valence-corrected chi connectivity index (χ3v) is 4.63. The van der Waals surface area contributed by atoms with Gasteiger partial charge in [0.2, 0.25) is 17.6 Å². The fraction of sp³-hybridized carbons (Fsp3) is 0.250. The number of carbonyl (C=O) groups excluding carboxylic acids is 1. The molecule has 1 aliphatic rings. The molecular weight excluding hydrogens is 346 g/mol. The lowest BCUT2D eigenvalue weighted by atomic mass is 10.1. The van der Waals surface area contributed by atoms with Crippen LogP contribution in [0.2, 0.25) is 0 Å². The topological polar surface area (TPSA) is 77.7 Å². The molecule has 1 aromatic heterocycles. The van der Waals surface area contributed by atoms with Gasteiger partial charge in [-0.2, -0.15) is 4.98 Å². The van der Waals surface area contributed by atoms with Crippen LogP contribution in [-0.2, 0) is 4.79 Å². The van der Waals surface area contributed by atoms with Gasteiger partial charge in [-0.05, 0) is 24.3 Å². The maximum atomic E-state index is 12.4. The molecule has 7 nitrogen and oxygen atoms in total. The molecule has 0 bridgehead atoms. The average molecular weight is 365 g/mol. The van der Waals surface area contributed by atoms with E-state index in [9.17, 15) is 4.79 Å². The van der Waals surface area contributed by atoms with Gasteiger partial charge in [-0.3, -0.25) is 4.79 Å². The van der Waals surface area contributed by atoms with E-state index < -0.39 is 0 Å². The minimum absolute atomic E-state index is 0.0491. The molecule has 7 heteroatoms. The van der Waals surface area contributed by atoms with Crippen LogP contribution in [-0.4, -0.2) is 36.8 Å². The van der Waals surface area contributed by atoms with Gasteiger partial charge in [0.15, 0.2) is 0 Å². The summed E-state index contributed by atoms with van der Waals surface area (Å²) in [6.07, 6.45) is 0.344. The monoisotopic (exact) mass is 365 g/mol. The Kier molecular flexibility index (Phi) is 4.50. The van der Waals surface area contributed by atoms with Crippen molar-refractivity contribution in [3.05, 3.63) is 54.4 Å². The lowest BCUT2D eigenvalue weighted by Gasteiger charge is -2.15. The minimum atomic E-state index is -0.136. The van der Waals surface area contributed by atoms with Crippen molar-refractivity contribution < 1.29 is 18.8 Å². The van der Waals surface area contributed by atoms with Gasteiger partial charge in [-0.15, -0.1) is 0 Å². The van der Waals surface area contributed by atoms with E-state index in [1.807, 2.05) is 42.5 Å². The number of hydrogen-bond acceptors (Lipinski definition) is 6. The predicted octanol–water partition coefficient (Wildman–Crippen LogP) is 3.27. The smallest absolute Gasteiger partial charge is 0.232 e. The molecule has 0 aliphatic carbocycles. The van der Waals surface area contributed by atoms with Crippen LogP contribution in [0.4, 0.5) is 5.69 Å². The highest BCUT2D eigenvalue weighted by Crippen LogP contribution is 2.35. The van der Waals surface area contributed by atoms with Crippen LogP contribution in [0.5, 0.6) is 11.5 Å². The molecule has 138 valence electrons. The zero-order chi connectivity index (χ0) is 18.8. The fourth-order valence-electron chi connectivity index (χ4n) is 3.22. The van der Waals surface area contributed by atoms with Crippen LogP contribution in [0.25, 0.3) is 11.4 Å². The Morgan fingerprint density at radius 2 is 1.93 bits per heavy atom. The molecule has 1 amide bonds. The van der Waals surface area contributed by atoms with Gasteiger partial charge in [0, 0.05) is 24.7 Å². The third-order valence-electron chi connectivity index (χ3n) is 4.63. The Morgan fingerprint density at radius 1 is 1.11 bits per heavy atom. The molecule has 0 spiro atoms. The van der Waals surface area contributed by atoms with Crippen LogP contribution in [0, 0.1) is 0 Å². The third kappa shape index (κ3) is 3.23. The van der Waals surface area contributed by atoms with E-state index in [-0.39, 0.29) is 11.8 Å². The first-order valence-corrected chi connectivity index (χ1v) is 8.61. The van der Waals surface area contributed by atoms with Crippen molar-refractivity contribution in [2.45, 2.75) is 12.3 Å². The largest absolute Gasteiger partial charge is 0.497 e. The van der Waals surface area contributed by atoms with Crippen molar-refractivity contribution in [2.24, 2.45) is 0 Å². The number of ether oxygens (including phenoxy) is 2. The zero-order valence-electron chi connectivity index (χ0n) is 15.1. The average Bonchev–Trinajstić information content (AvgIpc) is 3.35. The summed E-state index contributed by atoms with van der Waals surface area (Å²) in [5.41, 5.74) is 1.58. The number of rotatable bonds is 5. The summed E-state index contributed by atoms with van der Waals surface area (Å²) >= 11 is 0. The number of methoxy groups -OCH3 is 2. The molecule has 2 heterocycles. The van der Waals surface area contributed by atoms with E-state index in [0.29, 0.717) is 41.7 Å². The number of carbonyl (C=O) groups is 1. The van der Waals surface area contributed by atoms with Crippen LogP contribution < -0.4 is 14.4 Å². The Labute approximate surface area is 156 Å². The Morgan fingerprint density at radius 3 is 2.67 bits per heavy atom. The quantitative estimate of drug-likeness (QED) is 0.691. The van der Waals surface area contributed by atoms with Crippen molar-refractivity contribution in [3.63, 3.8) is 0 Å². The van der Waals surface area contributed by atoms with Gasteiger partial charge in [-0.25, -0.2) is 0 Å². The molecule has 4 rings (SSSR count). The molecule has 3 aromatic rings. The molecule has 0 N–H and O–H groups in total. The zero-order valence-corrected chi connectivity index (χ0v) is 15.1. The fourth-order valence-corrected chi connectivity index (χ4v) is 3.22. The van der Waals surface area contributed by atoms with Crippen molar-refractivity contribution in [3.8, 4) is 22.9 Å². The molecule has 1 aliphatic heterocycles. The second-order valence-electron chi connectivity index (χ2n) is 6.26. The van der Waals surface area contributed by atoms with E-state index >= 15 is 0 Å². The molecule has 1 saturated heterocycles. The number of amides is 1. The summed E-state index contributed by atoms with van der Waals surface area (Å²) in [5.74, 6) is 2.07. The molecular formula is C20H19N3O4. The van der Waals surface area contributed by atoms with Crippen molar-refractivity contribution in [2.75, 3.05) is 25.7 Å². The first-order chi connectivity index (χ1) is 13.2. The Balaban J connectivity index is 1.58. The summed E-state index contributed by atoms with van der Waals surface area (Å²) in [5, 5.41) is 4.08. The molecule has 0 saturated carbocycles. The lowest BCUT2D eigenvalue weighted by molar-refractivity contribution is -0.117. The van der Waals surface area contributed by atoms with E-state index in [1.165, 1.54) is 0 Å². The number of benzene rings is 2. The summed E-state index contributed by atoms with van der Waals surface area (Å²) in [4.78, 5) is 18.7. The van der Waals surface area contributed by atoms with Gasteiger partial charge in [0.1, 0.15) is 11.5 Å². The summed E-state index contributed by atoms with van der Waals surface area (Å²) in [6.45, 7) is 0.518. The van der Waals surface area contributed by atoms with Gasteiger partial charge in [-0.1, -0.05) is 23.4 Å². The lowest BCUT2D eigenvalue weighted by Crippen LogP contribution is -2.24. The van der Waals surface area contributed by atoms with Crippen molar-refractivity contribution >= 4 is 11.6 Å². The molecule has 1 atom stereocenters. The van der Waals surface area contributed by atoms with Crippen LogP contribution >= 0.6 is 0 Å². The van der Waals surface area contributed by atoms with E-state index in [1.54, 1.807) is 25.2 Å². The van der Waals surface area contributed by atoms with Crippen molar-refractivity contribution in [1.29, 1.82) is 0 Å². The molecule has 0 unspecified atom stereocenters. The van der Waals surface area contributed by atoms with Gasteiger partial charge >= 0.3 is 0 Å². The highest BCUT2D eigenvalue weighted by molar-refractivity contribution is 5.96. The van der Waals surface area contributed by atoms with Crippen LogP contribution in [0.1, 0.15) is 18.2 Å². The Bertz CT molecular complexity index is 955. The maximum Gasteiger partial charge on any atom is 0.232 e. The second-order valence-corrected chi connectivity index (χ2v) is 6.26. The normalized spacial score (nSPS) is 16.6. The molecule has 27 heavy (non-hydrogen) atoms. The number of nitrogens with zero attached hydrogens (tertiary/aromatic N) is 3. The standard InChI is InChI=1S/C20H19N3O4/c1-25-15-8-9-16(17(11-15)26-2)19-21-20(27-22-19)13-10-18(24)23(12-13)14-6-4-3-5-7-14/h3-9,11,13H,10,12H2,1-2H3/t13-/m0/s1. The highest BCUT2D eigenvalue weighted by atomic mass is 16.5. The molecule has 0 radical (unpaired) electrons. The molecule has 1 fully saturated rings. The number of anilines is 1. The summed E-state index contributed by atoms with van der Waals surface area (Å²) in [7, 11) is 3.17. The van der Waals surface area contributed by atoms with E-state index in [2.05, 4.69) is 10.1 Å². The highest BCUT2D eigenvalue weighted by Gasteiger charge is 2.35. The van der Waals surface area contributed by atoms with Gasteiger partial charge in [0.25, 0.3) is 0 Å². The SMILES string of the molecule is COc1ccc(-c2noc([C@H]3CC(=O)N(c4ccccc4)C3)n2)c(OC)c1. The van der Waals surface area contributed by atoms with Crippen molar-refractivity contribution in [1.82, 2.24) is 10.1 Å². The van der Waals surface area contributed by atoms with E-state index in [0.717, 1.165) is 5.69 Å². The first kappa shape index (κ1) is 17.1. The van der Waals surface area contributed by atoms with Crippen LogP contribution in [0.15, 0.2) is 53.1 Å². The maximum absolute atomic E-state index is 12.4. The number of para-hydroxylation sites is 1. The summed E-state index contributed by atoms with van der Waals surface area (Å²) in [6, 6.07) is 15.0. The minimum Gasteiger partial charge on any atom is -0.497 e. The molecule has 2 aromatic carbocycles. The van der Waals surface area contributed by atoms with Crippen LogP contribution in [0.3, 0.4) is 0 Å². The second kappa shape index (κ2) is 7.11. The predicted molar refractivity (Wildman–Crippen MR) is 99.0 cm³/mol. The van der Waals surface area contributed by atoms with Gasteiger partial charge < -0.3 is 18.9 Å². The summed E-state index contributed by atoms with van der Waals surface area (Å²) < 4.78 is 16.1. The van der Waals surface area contributed by atoms with E-state index in [4.69, 9.17) is 14.0 Å². The number of hydrogen-bond donors (Lipinski definition) is 0. The van der Waals surface area contributed by atoms with Gasteiger partial charge in [0.05, 0.1) is 25.7 Å².